The third-order valence-corrected chi connectivity index (χ3v) is 3.37. The SMILES string of the molecule is CC1CN(c2cc(C#N)ccc2[C@H](C)O)CC(C)O1. The van der Waals surface area contributed by atoms with E-state index >= 15 is 0 Å². The Morgan fingerprint density at radius 3 is 2.53 bits per heavy atom. The molecule has 0 amide bonds. The summed E-state index contributed by atoms with van der Waals surface area (Å²) < 4.78 is 5.73. The minimum Gasteiger partial charge on any atom is -0.389 e. The lowest BCUT2D eigenvalue weighted by atomic mass is 10.0. The van der Waals surface area contributed by atoms with Gasteiger partial charge < -0.3 is 14.7 Å². The van der Waals surface area contributed by atoms with Crippen LogP contribution < -0.4 is 4.90 Å². The average molecular weight is 260 g/mol. The van der Waals surface area contributed by atoms with E-state index in [0.717, 1.165) is 24.3 Å². The predicted octanol–water partition coefficient (Wildman–Crippen LogP) is 2.23. The van der Waals surface area contributed by atoms with Crippen molar-refractivity contribution >= 4 is 5.69 Å². The van der Waals surface area contributed by atoms with Gasteiger partial charge in [-0.15, -0.1) is 0 Å². The minimum absolute atomic E-state index is 0.149. The van der Waals surface area contributed by atoms with Gasteiger partial charge in [0, 0.05) is 24.3 Å². The number of aliphatic hydroxyl groups excluding tert-OH is 1. The van der Waals surface area contributed by atoms with Crippen LogP contribution in [0.1, 0.15) is 38.0 Å². The molecule has 0 aliphatic carbocycles. The summed E-state index contributed by atoms with van der Waals surface area (Å²) in [7, 11) is 0. The Morgan fingerprint density at radius 2 is 2.00 bits per heavy atom. The van der Waals surface area contributed by atoms with E-state index in [1.807, 2.05) is 26.0 Å². The summed E-state index contributed by atoms with van der Waals surface area (Å²) in [5, 5.41) is 18.9. The summed E-state index contributed by atoms with van der Waals surface area (Å²) in [5.74, 6) is 0. The van der Waals surface area contributed by atoms with E-state index in [0.29, 0.717) is 5.56 Å². The first-order valence-electron chi connectivity index (χ1n) is 6.63. The third kappa shape index (κ3) is 3.06. The first-order valence-corrected chi connectivity index (χ1v) is 6.63. The number of aliphatic hydroxyl groups is 1. The molecule has 0 bridgehead atoms. The maximum absolute atomic E-state index is 9.89. The second-order valence-electron chi connectivity index (χ2n) is 5.22. The summed E-state index contributed by atoms with van der Waals surface area (Å²) in [6.07, 6.45) is -0.246. The molecule has 1 fully saturated rings. The summed E-state index contributed by atoms with van der Waals surface area (Å²) in [4.78, 5) is 2.20. The molecule has 1 aliphatic heterocycles. The molecular weight excluding hydrogens is 240 g/mol. The highest BCUT2D eigenvalue weighted by Crippen LogP contribution is 2.29. The monoisotopic (exact) mass is 260 g/mol. The molecule has 19 heavy (non-hydrogen) atoms. The molecule has 0 saturated carbocycles. The second-order valence-corrected chi connectivity index (χ2v) is 5.22. The zero-order chi connectivity index (χ0) is 14.0. The van der Waals surface area contributed by atoms with Crippen molar-refractivity contribution in [2.24, 2.45) is 0 Å². The maximum atomic E-state index is 9.89. The first kappa shape index (κ1) is 13.9. The fourth-order valence-corrected chi connectivity index (χ4v) is 2.61. The van der Waals surface area contributed by atoms with Gasteiger partial charge in [0.2, 0.25) is 0 Å². The Morgan fingerprint density at radius 1 is 1.37 bits per heavy atom. The van der Waals surface area contributed by atoms with Crippen LogP contribution in [-0.2, 0) is 4.74 Å². The van der Waals surface area contributed by atoms with Gasteiger partial charge in [0.15, 0.2) is 0 Å². The fraction of sp³-hybridized carbons (Fsp3) is 0.533. The largest absolute Gasteiger partial charge is 0.389 e. The van der Waals surface area contributed by atoms with Gasteiger partial charge in [-0.05, 0) is 32.9 Å². The van der Waals surface area contributed by atoms with Gasteiger partial charge in [-0.3, -0.25) is 0 Å². The quantitative estimate of drug-likeness (QED) is 0.886. The number of hydrogen-bond acceptors (Lipinski definition) is 4. The van der Waals surface area contributed by atoms with E-state index in [4.69, 9.17) is 10.00 Å². The number of ether oxygens (including phenoxy) is 1. The standard InChI is InChI=1S/C15H20N2O2/c1-10-8-17(9-11(2)19-10)15-6-13(7-16)4-5-14(15)12(3)18/h4-6,10-12,18H,8-9H2,1-3H3/t10?,11?,12-/m0/s1. The van der Waals surface area contributed by atoms with Crippen LogP contribution in [-0.4, -0.2) is 30.4 Å². The lowest BCUT2D eigenvalue weighted by molar-refractivity contribution is -0.00538. The van der Waals surface area contributed by atoms with Gasteiger partial charge in [-0.1, -0.05) is 6.07 Å². The van der Waals surface area contributed by atoms with Crippen molar-refractivity contribution in [3.63, 3.8) is 0 Å². The van der Waals surface area contributed by atoms with Crippen molar-refractivity contribution in [1.29, 1.82) is 5.26 Å². The van der Waals surface area contributed by atoms with E-state index in [9.17, 15) is 5.11 Å². The Kier molecular flexibility index (Phi) is 4.08. The average Bonchev–Trinajstić information content (AvgIpc) is 2.36. The Balaban J connectivity index is 2.38. The molecule has 1 N–H and O–H groups in total. The predicted molar refractivity (Wildman–Crippen MR) is 74.0 cm³/mol. The van der Waals surface area contributed by atoms with Crippen molar-refractivity contribution < 1.29 is 9.84 Å². The highest BCUT2D eigenvalue weighted by Gasteiger charge is 2.25. The molecule has 2 rings (SSSR count). The summed E-state index contributed by atoms with van der Waals surface area (Å²) in [6.45, 7) is 7.38. The zero-order valence-corrected chi connectivity index (χ0v) is 11.6. The van der Waals surface area contributed by atoms with Crippen LogP contribution in [0.5, 0.6) is 0 Å². The molecule has 3 atom stereocenters. The van der Waals surface area contributed by atoms with Crippen LogP contribution in [0.3, 0.4) is 0 Å². The zero-order valence-electron chi connectivity index (χ0n) is 11.6. The number of rotatable bonds is 2. The molecule has 4 heteroatoms. The van der Waals surface area contributed by atoms with E-state index < -0.39 is 6.10 Å². The molecule has 1 saturated heterocycles. The van der Waals surface area contributed by atoms with Crippen LogP contribution in [0.4, 0.5) is 5.69 Å². The Labute approximate surface area is 114 Å². The van der Waals surface area contributed by atoms with Crippen LogP contribution in [0.2, 0.25) is 0 Å². The van der Waals surface area contributed by atoms with Gasteiger partial charge in [0.25, 0.3) is 0 Å². The Hall–Kier alpha value is -1.57. The van der Waals surface area contributed by atoms with E-state index in [1.165, 1.54) is 0 Å². The third-order valence-electron chi connectivity index (χ3n) is 3.37. The van der Waals surface area contributed by atoms with Crippen molar-refractivity contribution in [2.75, 3.05) is 18.0 Å². The van der Waals surface area contributed by atoms with Gasteiger partial charge in [0.05, 0.1) is 29.9 Å². The van der Waals surface area contributed by atoms with Crippen LogP contribution in [0.15, 0.2) is 18.2 Å². The molecule has 102 valence electrons. The summed E-state index contributed by atoms with van der Waals surface area (Å²) in [5.41, 5.74) is 2.42. The lowest BCUT2D eigenvalue weighted by Gasteiger charge is -2.38. The fourth-order valence-electron chi connectivity index (χ4n) is 2.61. The molecule has 1 aromatic carbocycles. The molecule has 0 radical (unpaired) electrons. The molecule has 1 aliphatic rings. The van der Waals surface area contributed by atoms with Crippen molar-refractivity contribution in [1.82, 2.24) is 0 Å². The summed E-state index contributed by atoms with van der Waals surface area (Å²) >= 11 is 0. The first-order chi connectivity index (χ1) is 9.01. The minimum atomic E-state index is -0.545. The number of benzene rings is 1. The number of hydrogen-bond donors (Lipinski definition) is 1. The van der Waals surface area contributed by atoms with Gasteiger partial charge in [-0.2, -0.15) is 5.26 Å². The topological polar surface area (TPSA) is 56.5 Å². The second kappa shape index (κ2) is 5.60. The van der Waals surface area contributed by atoms with E-state index in [-0.39, 0.29) is 12.2 Å². The van der Waals surface area contributed by atoms with Crippen molar-refractivity contribution in [2.45, 2.75) is 39.1 Å². The van der Waals surface area contributed by atoms with Gasteiger partial charge in [0.1, 0.15) is 0 Å². The molecule has 4 nitrogen and oxygen atoms in total. The molecular formula is C15H20N2O2. The number of anilines is 1. The molecule has 1 heterocycles. The van der Waals surface area contributed by atoms with E-state index in [2.05, 4.69) is 11.0 Å². The molecule has 2 unspecified atom stereocenters. The maximum Gasteiger partial charge on any atom is 0.0992 e. The number of nitriles is 1. The van der Waals surface area contributed by atoms with Gasteiger partial charge >= 0.3 is 0 Å². The highest BCUT2D eigenvalue weighted by molar-refractivity contribution is 5.59. The van der Waals surface area contributed by atoms with Crippen LogP contribution >= 0.6 is 0 Å². The number of morpholine rings is 1. The van der Waals surface area contributed by atoms with Crippen LogP contribution in [0, 0.1) is 11.3 Å². The molecule has 1 aromatic rings. The lowest BCUT2D eigenvalue weighted by Crippen LogP contribution is -2.46. The smallest absolute Gasteiger partial charge is 0.0992 e. The van der Waals surface area contributed by atoms with Crippen LogP contribution in [0.25, 0.3) is 0 Å². The Bertz CT molecular complexity index is 483. The van der Waals surface area contributed by atoms with Gasteiger partial charge in [-0.25, -0.2) is 0 Å². The molecule has 0 spiro atoms. The summed E-state index contributed by atoms with van der Waals surface area (Å²) in [6, 6.07) is 7.59. The molecule has 0 aromatic heterocycles. The van der Waals surface area contributed by atoms with E-state index in [1.54, 1.807) is 13.0 Å². The normalized spacial score (nSPS) is 24.9. The number of nitrogens with zero attached hydrogens (tertiary/aromatic N) is 2. The highest BCUT2D eigenvalue weighted by atomic mass is 16.5. The van der Waals surface area contributed by atoms with Crippen molar-refractivity contribution in [3.05, 3.63) is 29.3 Å². The van der Waals surface area contributed by atoms with Crippen molar-refractivity contribution in [3.8, 4) is 6.07 Å².